The van der Waals surface area contributed by atoms with E-state index in [1.165, 1.54) is 0 Å². The standard InChI is InChI=1S/C13H10Cl2N4O/c1-20-11-3-2-10(19-12(11)17-13(16)18-19)7-4-8(14)6-9(15)5-7/h2-6H,1H3,(H2,16,18). The van der Waals surface area contributed by atoms with Crippen LogP contribution in [0.1, 0.15) is 0 Å². The molecule has 3 rings (SSSR count). The van der Waals surface area contributed by atoms with Crippen molar-refractivity contribution in [3.63, 3.8) is 0 Å². The molecule has 1 aromatic carbocycles. The van der Waals surface area contributed by atoms with Crippen LogP contribution in [0.4, 0.5) is 5.95 Å². The van der Waals surface area contributed by atoms with Gasteiger partial charge >= 0.3 is 0 Å². The van der Waals surface area contributed by atoms with E-state index in [0.29, 0.717) is 21.4 Å². The van der Waals surface area contributed by atoms with Crippen LogP contribution in [0.15, 0.2) is 30.3 Å². The molecule has 102 valence electrons. The summed E-state index contributed by atoms with van der Waals surface area (Å²) in [5, 5.41) is 5.27. The summed E-state index contributed by atoms with van der Waals surface area (Å²) in [4.78, 5) is 4.15. The fourth-order valence-corrected chi connectivity index (χ4v) is 2.56. The molecular weight excluding hydrogens is 299 g/mol. The number of hydrogen-bond donors (Lipinski definition) is 1. The summed E-state index contributed by atoms with van der Waals surface area (Å²) in [7, 11) is 1.57. The third-order valence-electron chi connectivity index (χ3n) is 2.84. The Bertz CT molecular complexity index is 780. The molecule has 7 heteroatoms. The lowest BCUT2D eigenvalue weighted by Gasteiger charge is -2.08. The van der Waals surface area contributed by atoms with Crippen molar-refractivity contribution < 1.29 is 4.74 Å². The zero-order valence-electron chi connectivity index (χ0n) is 10.5. The predicted octanol–water partition coefficient (Wildman–Crippen LogP) is 3.29. The SMILES string of the molecule is COc1ccc(-c2cc(Cl)cc(Cl)c2)n2nc(N)nc12. The molecule has 2 N–H and O–H groups in total. The summed E-state index contributed by atoms with van der Waals surface area (Å²) < 4.78 is 6.86. The summed E-state index contributed by atoms with van der Waals surface area (Å²) >= 11 is 12.1. The van der Waals surface area contributed by atoms with Gasteiger partial charge in [0.2, 0.25) is 5.95 Å². The third kappa shape index (κ3) is 2.15. The van der Waals surface area contributed by atoms with Crippen LogP contribution in [0.3, 0.4) is 0 Å². The molecule has 0 saturated heterocycles. The van der Waals surface area contributed by atoms with Gasteiger partial charge in [0, 0.05) is 15.6 Å². The molecule has 0 amide bonds. The maximum atomic E-state index is 6.04. The summed E-state index contributed by atoms with van der Waals surface area (Å²) in [5.74, 6) is 0.759. The van der Waals surface area contributed by atoms with E-state index < -0.39 is 0 Å². The predicted molar refractivity (Wildman–Crippen MR) is 79.4 cm³/mol. The maximum Gasteiger partial charge on any atom is 0.240 e. The number of halogens is 2. The zero-order valence-corrected chi connectivity index (χ0v) is 12.0. The second-order valence-corrected chi connectivity index (χ2v) is 5.02. The van der Waals surface area contributed by atoms with Gasteiger partial charge in [-0.05, 0) is 30.3 Å². The van der Waals surface area contributed by atoms with Crippen molar-refractivity contribution >= 4 is 34.8 Å². The van der Waals surface area contributed by atoms with Crippen molar-refractivity contribution in [3.05, 3.63) is 40.4 Å². The second kappa shape index (κ2) is 4.85. The number of fused-ring (bicyclic) bond motifs is 1. The normalized spacial score (nSPS) is 10.9. The number of aromatic nitrogens is 3. The molecule has 0 aliphatic heterocycles. The van der Waals surface area contributed by atoms with E-state index in [9.17, 15) is 0 Å². The Kier molecular flexibility index (Phi) is 3.16. The Morgan fingerprint density at radius 1 is 1.15 bits per heavy atom. The van der Waals surface area contributed by atoms with Crippen LogP contribution in [0.2, 0.25) is 10.0 Å². The molecule has 2 heterocycles. The first kappa shape index (κ1) is 13.0. The fraction of sp³-hybridized carbons (Fsp3) is 0.0769. The number of ether oxygens (including phenoxy) is 1. The lowest BCUT2D eigenvalue weighted by atomic mass is 10.1. The van der Waals surface area contributed by atoms with Crippen LogP contribution in [0.5, 0.6) is 5.75 Å². The van der Waals surface area contributed by atoms with Crippen molar-refractivity contribution in [2.45, 2.75) is 0 Å². The summed E-state index contributed by atoms with van der Waals surface area (Å²) in [6.07, 6.45) is 0. The smallest absolute Gasteiger partial charge is 0.240 e. The molecule has 0 saturated carbocycles. The van der Waals surface area contributed by atoms with Crippen molar-refractivity contribution in [3.8, 4) is 17.0 Å². The van der Waals surface area contributed by atoms with Gasteiger partial charge in [0.05, 0.1) is 12.8 Å². The molecule has 0 unspecified atom stereocenters. The van der Waals surface area contributed by atoms with Crippen LogP contribution >= 0.6 is 23.2 Å². The Morgan fingerprint density at radius 2 is 1.85 bits per heavy atom. The Balaban J connectivity index is 2.31. The Morgan fingerprint density at radius 3 is 2.50 bits per heavy atom. The van der Waals surface area contributed by atoms with Gasteiger partial charge in [-0.25, -0.2) is 4.52 Å². The van der Waals surface area contributed by atoms with Crippen LogP contribution in [0.25, 0.3) is 16.9 Å². The van der Waals surface area contributed by atoms with Gasteiger partial charge in [0.25, 0.3) is 0 Å². The van der Waals surface area contributed by atoms with E-state index >= 15 is 0 Å². The Labute approximate surface area is 124 Å². The second-order valence-electron chi connectivity index (χ2n) is 4.15. The third-order valence-corrected chi connectivity index (χ3v) is 3.28. The molecule has 0 radical (unpaired) electrons. The van der Waals surface area contributed by atoms with Crippen LogP contribution in [-0.2, 0) is 0 Å². The highest BCUT2D eigenvalue weighted by molar-refractivity contribution is 6.35. The zero-order chi connectivity index (χ0) is 14.3. The van der Waals surface area contributed by atoms with Crippen molar-refractivity contribution in [2.75, 3.05) is 12.8 Å². The number of hydrogen-bond acceptors (Lipinski definition) is 4. The van der Waals surface area contributed by atoms with Crippen molar-refractivity contribution in [1.29, 1.82) is 0 Å². The molecule has 0 atom stereocenters. The molecule has 3 aromatic rings. The van der Waals surface area contributed by atoms with Crippen LogP contribution in [-0.4, -0.2) is 21.7 Å². The average molecular weight is 309 g/mol. The van der Waals surface area contributed by atoms with E-state index in [1.807, 2.05) is 6.07 Å². The van der Waals surface area contributed by atoms with Crippen LogP contribution < -0.4 is 10.5 Å². The number of nitrogens with zero attached hydrogens (tertiary/aromatic N) is 3. The van der Waals surface area contributed by atoms with E-state index in [4.69, 9.17) is 33.7 Å². The van der Waals surface area contributed by atoms with Crippen LogP contribution in [0, 0.1) is 0 Å². The fourth-order valence-electron chi connectivity index (χ4n) is 2.03. The Hall–Kier alpha value is -1.98. The topological polar surface area (TPSA) is 65.4 Å². The first-order valence-electron chi connectivity index (χ1n) is 5.74. The van der Waals surface area contributed by atoms with Gasteiger partial charge in [0.1, 0.15) is 0 Å². The van der Waals surface area contributed by atoms with Gasteiger partial charge < -0.3 is 10.5 Å². The minimum absolute atomic E-state index is 0.170. The quantitative estimate of drug-likeness (QED) is 0.789. The summed E-state index contributed by atoms with van der Waals surface area (Å²) in [6, 6.07) is 8.91. The highest BCUT2D eigenvalue weighted by Crippen LogP contribution is 2.30. The first-order chi connectivity index (χ1) is 9.58. The summed E-state index contributed by atoms with van der Waals surface area (Å²) in [5.41, 5.74) is 7.80. The van der Waals surface area contributed by atoms with Gasteiger partial charge in [-0.1, -0.05) is 23.2 Å². The monoisotopic (exact) mass is 308 g/mol. The molecule has 0 fully saturated rings. The van der Waals surface area contributed by atoms with E-state index in [0.717, 1.165) is 11.3 Å². The van der Waals surface area contributed by atoms with Crippen molar-refractivity contribution in [1.82, 2.24) is 14.6 Å². The average Bonchev–Trinajstić information content (AvgIpc) is 2.77. The van der Waals surface area contributed by atoms with Crippen molar-refractivity contribution in [2.24, 2.45) is 0 Å². The van der Waals surface area contributed by atoms with Gasteiger partial charge in [-0.2, -0.15) is 4.98 Å². The summed E-state index contributed by atoms with van der Waals surface area (Å²) in [6.45, 7) is 0. The molecule has 0 bridgehead atoms. The number of nitrogens with two attached hydrogens (primary N) is 1. The molecule has 2 aromatic heterocycles. The van der Waals surface area contributed by atoms with Gasteiger partial charge in [-0.3, -0.25) is 0 Å². The van der Waals surface area contributed by atoms with E-state index in [2.05, 4.69) is 10.1 Å². The number of anilines is 1. The molecule has 0 aliphatic carbocycles. The van der Waals surface area contributed by atoms with E-state index in [1.54, 1.807) is 35.9 Å². The van der Waals surface area contributed by atoms with Gasteiger partial charge in [-0.15, -0.1) is 5.10 Å². The molecule has 20 heavy (non-hydrogen) atoms. The number of nitrogen functional groups attached to an aromatic ring is 1. The molecule has 5 nitrogen and oxygen atoms in total. The maximum absolute atomic E-state index is 6.04. The van der Waals surface area contributed by atoms with E-state index in [-0.39, 0.29) is 5.95 Å². The molecule has 0 aliphatic rings. The minimum Gasteiger partial charge on any atom is -0.493 e. The number of pyridine rings is 1. The molecular formula is C13H10Cl2N4O. The largest absolute Gasteiger partial charge is 0.493 e. The number of benzene rings is 1. The number of rotatable bonds is 2. The highest BCUT2D eigenvalue weighted by Gasteiger charge is 2.13. The lowest BCUT2D eigenvalue weighted by molar-refractivity contribution is 0.416. The number of methoxy groups -OCH3 is 1. The molecule has 0 spiro atoms. The minimum atomic E-state index is 0.170. The highest BCUT2D eigenvalue weighted by atomic mass is 35.5. The lowest BCUT2D eigenvalue weighted by Crippen LogP contribution is -1.97. The van der Waals surface area contributed by atoms with Gasteiger partial charge in [0.15, 0.2) is 11.4 Å². The first-order valence-corrected chi connectivity index (χ1v) is 6.50.